The molecule has 0 fully saturated rings. The van der Waals surface area contributed by atoms with Gasteiger partial charge in [-0.15, -0.1) is 0 Å². The number of fused-ring (bicyclic) bond motifs is 1. The number of hydrogen-bond donors (Lipinski definition) is 2. The van der Waals surface area contributed by atoms with Crippen LogP contribution < -0.4 is 5.32 Å². The van der Waals surface area contributed by atoms with Gasteiger partial charge >= 0.3 is 0 Å². The minimum atomic E-state index is -0.236. The second-order valence-corrected chi connectivity index (χ2v) is 4.93. The Bertz CT molecular complexity index is 865. The van der Waals surface area contributed by atoms with Gasteiger partial charge in [-0.2, -0.15) is 0 Å². The fraction of sp³-hybridized carbons (Fsp3) is 0.0588. The number of carbonyl (C=O) groups is 1. The SMILES string of the molecule is Cc1cc(O)ccc1NC(=O)/C=C/c1cnc2ccccn12. The summed E-state index contributed by atoms with van der Waals surface area (Å²) >= 11 is 0. The van der Waals surface area contributed by atoms with E-state index in [1.165, 1.54) is 12.1 Å². The number of phenols is 1. The zero-order valence-corrected chi connectivity index (χ0v) is 12.0. The van der Waals surface area contributed by atoms with Crippen molar-refractivity contribution >= 4 is 23.3 Å². The summed E-state index contributed by atoms with van der Waals surface area (Å²) in [5, 5.41) is 12.1. The van der Waals surface area contributed by atoms with Crippen LogP contribution >= 0.6 is 0 Å². The fourth-order valence-corrected chi connectivity index (χ4v) is 2.20. The molecule has 2 N–H and O–H groups in total. The summed E-state index contributed by atoms with van der Waals surface area (Å²) in [7, 11) is 0. The van der Waals surface area contributed by atoms with Gasteiger partial charge in [-0.1, -0.05) is 6.07 Å². The van der Waals surface area contributed by atoms with Crippen LogP contribution in [0, 0.1) is 6.92 Å². The van der Waals surface area contributed by atoms with Crippen LogP contribution in [-0.4, -0.2) is 20.4 Å². The molecule has 0 aliphatic rings. The van der Waals surface area contributed by atoms with Gasteiger partial charge in [-0.25, -0.2) is 4.98 Å². The topological polar surface area (TPSA) is 66.6 Å². The maximum atomic E-state index is 12.0. The van der Waals surface area contributed by atoms with Crippen molar-refractivity contribution in [2.45, 2.75) is 6.92 Å². The van der Waals surface area contributed by atoms with Gasteiger partial charge < -0.3 is 14.8 Å². The van der Waals surface area contributed by atoms with Gasteiger partial charge in [0.1, 0.15) is 11.4 Å². The highest BCUT2D eigenvalue weighted by atomic mass is 16.3. The van der Waals surface area contributed by atoms with Crippen molar-refractivity contribution in [3.63, 3.8) is 0 Å². The van der Waals surface area contributed by atoms with Gasteiger partial charge in [-0.05, 0) is 48.9 Å². The average molecular weight is 293 g/mol. The van der Waals surface area contributed by atoms with Crippen molar-refractivity contribution in [2.24, 2.45) is 0 Å². The Kier molecular flexibility index (Phi) is 3.62. The lowest BCUT2D eigenvalue weighted by atomic mass is 10.2. The summed E-state index contributed by atoms with van der Waals surface area (Å²) in [6, 6.07) is 10.5. The number of hydrogen-bond acceptors (Lipinski definition) is 3. The van der Waals surface area contributed by atoms with Crippen LogP contribution in [0.1, 0.15) is 11.3 Å². The number of nitrogens with zero attached hydrogens (tertiary/aromatic N) is 2. The number of carbonyl (C=O) groups excluding carboxylic acids is 1. The molecule has 5 nitrogen and oxygen atoms in total. The highest BCUT2D eigenvalue weighted by Crippen LogP contribution is 2.20. The zero-order valence-electron chi connectivity index (χ0n) is 12.0. The highest BCUT2D eigenvalue weighted by molar-refractivity contribution is 6.02. The molecule has 110 valence electrons. The standard InChI is InChI=1S/C17H15N3O2/c1-12-10-14(21)6-7-15(12)19-17(22)8-5-13-11-18-16-4-2-3-9-20(13)16/h2-11,21H,1H3,(H,19,22)/b8-5+. The Hall–Kier alpha value is -3.08. The van der Waals surface area contributed by atoms with E-state index >= 15 is 0 Å². The van der Waals surface area contributed by atoms with E-state index < -0.39 is 0 Å². The van der Waals surface area contributed by atoms with Gasteiger partial charge in [0.2, 0.25) is 5.91 Å². The van der Waals surface area contributed by atoms with E-state index in [9.17, 15) is 9.90 Å². The third kappa shape index (κ3) is 2.83. The summed E-state index contributed by atoms with van der Waals surface area (Å²) in [6.07, 6.45) is 6.78. The first-order chi connectivity index (χ1) is 10.6. The first kappa shape index (κ1) is 13.9. The fourth-order valence-electron chi connectivity index (χ4n) is 2.20. The monoisotopic (exact) mass is 293 g/mol. The smallest absolute Gasteiger partial charge is 0.248 e. The largest absolute Gasteiger partial charge is 0.508 e. The quantitative estimate of drug-likeness (QED) is 0.576. The number of amides is 1. The van der Waals surface area contributed by atoms with Crippen LogP contribution in [0.25, 0.3) is 11.7 Å². The predicted octanol–water partition coefficient (Wildman–Crippen LogP) is 3.00. The predicted molar refractivity (Wildman–Crippen MR) is 85.7 cm³/mol. The maximum Gasteiger partial charge on any atom is 0.248 e. The van der Waals surface area contributed by atoms with Crippen LogP contribution in [0.5, 0.6) is 5.75 Å². The molecule has 3 rings (SSSR count). The minimum absolute atomic E-state index is 0.178. The third-order valence-electron chi connectivity index (χ3n) is 3.32. The number of phenolic OH excluding ortho intramolecular Hbond substituents is 1. The number of nitrogens with one attached hydrogen (secondary N) is 1. The van der Waals surface area contributed by atoms with E-state index in [2.05, 4.69) is 10.3 Å². The molecule has 2 aromatic heterocycles. The Morgan fingerprint density at radius 1 is 1.32 bits per heavy atom. The van der Waals surface area contributed by atoms with Gasteiger partial charge in [0.15, 0.2) is 0 Å². The van der Waals surface area contributed by atoms with E-state index in [1.807, 2.05) is 35.7 Å². The molecule has 0 unspecified atom stereocenters. The molecule has 22 heavy (non-hydrogen) atoms. The molecule has 0 radical (unpaired) electrons. The summed E-state index contributed by atoms with van der Waals surface area (Å²) in [6.45, 7) is 1.82. The Balaban J connectivity index is 1.76. The molecule has 1 amide bonds. The molecular weight excluding hydrogens is 278 g/mol. The number of rotatable bonds is 3. The van der Waals surface area contributed by atoms with E-state index in [0.29, 0.717) is 5.69 Å². The zero-order chi connectivity index (χ0) is 15.5. The second-order valence-electron chi connectivity index (χ2n) is 4.93. The molecule has 2 heterocycles. The van der Waals surface area contributed by atoms with Crippen LogP contribution in [0.2, 0.25) is 0 Å². The number of pyridine rings is 1. The third-order valence-corrected chi connectivity index (χ3v) is 3.32. The van der Waals surface area contributed by atoms with Crippen LogP contribution in [0.3, 0.4) is 0 Å². The molecule has 5 heteroatoms. The molecule has 1 aromatic carbocycles. The molecule has 0 saturated carbocycles. The maximum absolute atomic E-state index is 12.0. The lowest BCUT2D eigenvalue weighted by Crippen LogP contribution is -2.08. The molecule has 0 atom stereocenters. The van der Waals surface area contributed by atoms with Gasteiger partial charge in [0, 0.05) is 18.0 Å². The number of benzene rings is 1. The molecule has 0 spiro atoms. The van der Waals surface area contributed by atoms with E-state index in [1.54, 1.807) is 24.4 Å². The Morgan fingerprint density at radius 3 is 3.00 bits per heavy atom. The number of aromatic nitrogens is 2. The van der Waals surface area contributed by atoms with Gasteiger partial charge in [0.05, 0.1) is 11.9 Å². The van der Waals surface area contributed by atoms with Gasteiger partial charge in [-0.3, -0.25) is 4.79 Å². The first-order valence-corrected chi connectivity index (χ1v) is 6.84. The lowest BCUT2D eigenvalue weighted by Gasteiger charge is -2.06. The Morgan fingerprint density at radius 2 is 2.18 bits per heavy atom. The highest BCUT2D eigenvalue weighted by Gasteiger charge is 2.03. The second kappa shape index (κ2) is 5.73. The van der Waals surface area contributed by atoms with E-state index in [0.717, 1.165) is 16.9 Å². The van der Waals surface area contributed by atoms with Crippen molar-refractivity contribution in [2.75, 3.05) is 5.32 Å². The van der Waals surface area contributed by atoms with Crippen LogP contribution in [-0.2, 0) is 4.79 Å². The van der Waals surface area contributed by atoms with Crippen LogP contribution in [0.4, 0.5) is 5.69 Å². The Labute approximate surface area is 127 Å². The number of imidazole rings is 1. The lowest BCUT2D eigenvalue weighted by molar-refractivity contribution is -0.111. The number of aromatic hydroxyl groups is 1. The molecule has 0 aliphatic carbocycles. The van der Waals surface area contributed by atoms with Crippen molar-refractivity contribution < 1.29 is 9.90 Å². The minimum Gasteiger partial charge on any atom is -0.508 e. The van der Waals surface area contributed by atoms with Crippen LogP contribution in [0.15, 0.2) is 54.9 Å². The number of anilines is 1. The molecular formula is C17H15N3O2. The summed E-state index contributed by atoms with van der Waals surface area (Å²) in [4.78, 5) is 16.2. The summed E-state index contributed by atoms with van der Waals surface area (Å²) in [5.74, 6) is -0.0589. The number of aryl methyl sites for hydroxylation is 1. The van der Waals surface area contributed by atoms with Crippen molar-refractivity contribution in [1.29, 1.82) is 0 Å². The average Bonchev–Trinajstić information content (AvgIpc) is 2.91. The normalized spacial score (nSPS) is 11.1. The van der Waals surface area contributed by atoms with Crippen molar-refractivity contribution in [1.82, 2.24) is 9.38 Å². The summed E-state index contributed by atoms with van der Waals surface area (Å²) < 4.78 is 1.90. The molecule has 0 saturated heterocycles. The molecule has 0 bridgehead atoms. The summed E-state index contributed by atoms with van der Waals surface area (Å²) in [5.41, 5.74) is 3.13. The molecule has 0 aliphatic heterocycles. The van der Waals surface area contributed by atoms with Crippen molar-refractivity contribution in [3.05, 3.63) is 66.1 Å². The van der Waals surface area contributed by atoms with E-state index in [4.69, 9.17) is 0 Å². The van der Waals surface area contributed by atoms with Gasteiger partial charge in [0.25, 0.3) is 0 Å². The van der Waals surface area contributed by atoms with Crippen molar-refractivity contribution in [3.8, 4) is 5.75 Å². The van der Waals surface area contributed by atoms with E-state index in [-0.39, 0.29) is 11.7 Å². The molecule has 3 aromatic rings. The first-order valence-electron chi connectivity index (χ1n) is 6.84.